The highest BCUT2D eigenvalue weighted by Crippen LogP contribution is 2.40. The minimum Gasteiger partial charge on any atom is -0.103 e. The molecule has 2 aliphatic carbocycles. The van der Waals surface area contributed by atoms with Crippen LogP contribution in [0.3, 0.4) is 0 Å². The fraction of sp³-hybridized carbons (Fsp3) is 0.846. The van der Waals surface area contributed by atoms with Crippen LogP contribution in [0.2, 0.25) is 99.7 Å². The minimum atomic E-state index is -1.27. The molecule has 0 nitrogen and oxygen atoms in total. The monoisotopic (exact) mass is 661 g/mol. The molecule has 2 unspecified atom stereocenters. The van der Waals surface area contributed by atoms with Gasteiger partial charge in [0, 0.05) is 0 Å². The number of rotatable bonds is 22. The van der Waals surface area contributed by atoms with E-state index < -0.39 is 32.3 Å². The topological polar surface area (TPSA) is 0 Å². The second-order valence-electron chi connectivity index (χ2n) is 18.0. The molecule has 2 atom stereocenters. The molecule has 2 rings (SSSR count). The maximum absolute atomic E-state index is 4.08. The summed E-state index contributed by atoms with van der Waals surface area (Å²) in [5.41, 5.74) is 0. The quantitative estimate of drug-likeness (QED) is 0.0800. The Hall–Kier alpha value is 0.0875. The zero-order chi connectivity index (χ0) is 32.4. The molecule has 0 saturated heterocycles. The van der Waals surface area contributed by atoms with Crippen LogP contribution in [0, 0.1) is 17.8 Å². The van der Waals surface area contributed by atoms with Crippen LogP contribution >= 0.6 is 0 Å². The predicted octanol–water partition coefficient (Wildman–Crippen LogP) is 14.7. The standard InChI is InChI=1S/C33H68Si4.C6H12/c1-11-22-34(5,6)25-16-29-37(30-17-26-35(7,8)23-12-2,31-18-27-36(9,10)24-13-3)28-15-21-33-20-14-19-32(33)4;1-6-4-2-3-5-6/h11-13,32-33H,1-3,14-31H2,4-10H3;6H,2-5H2,1H3. The van der Waals surface area contributed by atoms with Crippen molar-refractivity contribution in [2.24, 2.45) is 17.8 Å². The van der Waals surface area contributed by atoms with Gasteiger partial charge in [-0.2, -0.15) is 0 Å². The number of allylic oxidation sites excluding steroid dienone is 3. The van der Waals surface area contributed by atoms with Gasteiger partial charge in [0.2, 0.25) is 0 Å². The van der Waals surface area contributed by atoms with E-state index in [0.717, 1.165) is 17.8 Å². The lowest BCUT2D eigenvalue weighted by Crippen LogP contribution is -2.37. The van der Waals surface area contributed by atoms with Gasteiger partial charge in [-0.3, -0.25) is 0 Å². The second-order valence-corrected chi connectivity index (χ2v) is 38.7. The molecule has 0 radical (unpaired) electrons. The molecule has 2 aliphatic rings. The van der Waals surface area contributed by atoms with E-state index in [0.29, 0.717) is 0 Å². The summed E-state index contributed by atoms with van der Waals surface area (Å²) in [6, 6.07) is 14.9. The molecular formula is C39H80Si4. The van der Waals surface area contributed by atoms with E-state index in [-0.39, 0.29) is 0 Å². The zero-order valence-corrected chi connectivity index (χ0v) is 35.1. The first-order valence-electron chi connectivity index (χ1n) is 19.0. The van der Waals surface area contributed by atoms with E-state index >= 15 is 0 Å². The van der Waals surface area contributed by atoms with Gasteiger partial charge < -0.3 is 0 Å². The van der Waals surface area contributed by atoms with Crippen molar-refractivity contribution in [3.05, 3.63) is 38.0 Å². The molecule has 0 aliphatic heterocycles. The van der Waals surface area contributed by atoms with E-state index in [1.54, 1.807) is 24.2 Å². The van der Waals surface area contributed by atoms with Gasteiger partial charge in [0.05, 0.1) is 32.3 Å². The SMILES string of the molecule is C=CC[Si](C)(C)CCC[Si](CCCC1CCCC1C)(CCC[Si](C)(C)CC=C)CCC[Si](C)(C)CC=C.CC1CCCC1. The van der Waals surface area contributed by atoms with Gasteiger partial charge in [-0.15, -0.1) is 19.7 Å². The van der Waals surface area contributed by atoms with Crippen LogP contribution in [-0.2, 0) is 0 Å². The average Bonchev–Trinajstić information content (AvgIpc) is 3.54. The lowest BCUT2D eigenvalue weighted by atomic mass is 9.94. The highest BCUT2D eigenvalue weighted by atomic mass is 28.3. The van der Waals surface area contributed by atoms with Crippen LogP contribution in [0.1, 0.15) is 90.9 Å². The van der Waals surface area contributed by atoms with Crippen LogP contribution in [0.15, 0.2) is 38.0 Å². The average molecular weight is 661 g/mol. The Balaban J connectivity index is 0.00000136. The predicted molar refractivity (Wildman–Crippen MR) is 214 cm³/mol. The fourth-order valence-corrected chi connectivity index (χ4v) is 21.2. The second kappa shape index (κ2) is 21.1. The van der Waals surface area contributed by atoms with Crippen molar-refractivity contribution in [3.8, 4) is 0 Å². The van der Waals surface area contributed by atoms with Crippen molar-refractivity contribution >= 4 is 32.3 Å². The number of hydrogen-bond donors (Lipinski definition) is 0. The molecule has 0 aromatic rings. The van der Waals surface area contributed by atoms with E-state index in [9.17, 15) is 0 Å². The largest absolute Gasteiger partial charge is 0.103 e. The van der Waals surface area contributed by atoms with Crippen LogP contribution < -0.4 is 0 Å². The summed E-state index contributed by atoms with van der Waals surface area (Å²) in [4.78, 5) is 0. The smallest absolute Gasteiger partial charge is 0.0535 e. The third kappa shape index (κ3) is 18.7. The highest BCUT2D eigenvalue weighted by molar-refractivity contribution is 6.82. The summed E-state index contributed by atoms with van der Waals surface area (Å²) >= 11 is 0. The lowest BCUT2D eigenvalue weighted by Gasteiger charge is -2.36. The fourth-order valence-electron chi connectivity index (χ4n) is 8.57. The van der Waals surface area contributed by atoms with Crippen LogP contribution in [-0.4, -0.2) is 32.3 Å². The maximum Gasteiger partial charge on any atom is 0.0535 e. The summed E-state index contributed by atoms with van der Waals surface area (Å²) in [5, 5.41) is 0. The molecule has 0 bridgehead atoms. The van der Waals surface area contributed by atoms with Crippen molar-refractivity contribution in [3.63, 3.8) is 0 Å². The van der Waals surface area contributed by atoms with Gasteiger partial charge >= 0.3 is 0 Å². The summed E-state index contributed by atoms with van der Waals surface area (Å²) in [6.45, 7) is 32.7. The van der Waals surface area contributed by atoms with Gasteiger partial charge in [-0.05, 0) is 35.9 Å². The van der Waals surface area contributed by atoms with Crippen LogP contribution in [0.25, 0.3) is 0 Å². The highest BCUT2D eigenvalue weighted by Gasteiger charge is 2.35. The summed E-state index contributed by atoms with van der Waals surface area (Å²) in [6.07, 6.45) is 24.7. The molecule has 2 fully saturated rings. The van der Waals surface area contributed by atoms with E-state index in [2.05, 4.69) is 91.1 Å². The Morgan fingerprint density at radius 1 is 0.512 bits per heavy atom. The Bertz CT molecular complexity index is 692. The molecule has 0 N–H and O–H groups in total. The van der Waals surface area contributed by atoms with Crippen molar-refractivity contribution < 1.29 is 0 Å². The first-order valence-corrected chi connectivity index (χ1v) is 32.1. The molecule has 252 valence electrons. The summed E-state index contributed by atoms with van der Waals surface area (Å²) in [7, 11) is -4.61. The Morgan fingerprint density at radius 3 is 1.21 bits per heavy atom. The third-order valence-corrected chi connectivity index (χ3v) is 26.7. The maximum atomic E-state index is 4.08. The summed E-state index contributed by atoms with van der Waals surface area (Å²) in [5.74, 6) is 3.06. The molecule has 2 saturated carbocycles. The van der Waals surface area contributed by atoms with Gasteiger partial charge in [0.15, 0.2) is 0 Å². The van der Waals surface area contributed by atoms with Gasteiger partial charge in [-0.1, -0.05) is 191 Å². The molecule has 0 aromatic carbocycles. The molecule has 0 spiro atoms. The van der Waals surface area contributed by atoms with Crippen molar-refractivity contribution in [1.29, 1.82) is 0 Å². The van der Waals surface area contributed by atoms with E-state index in [1.807, 2.05) is 0 Å². The minimum absolute atomic E-state index is 0.984. The van der Waals surface area contributed by atoms with Crippen LogP contribution in [0.5, 0.6) is 0 Å². The van der Waals surface area contributed by atoms with Crippen LogP contribution in [0.4, 0.5) is 0 Å². The van der Waals surface area contributed by atoms with Gasteiger partial charge in [0.1, 0.15) is 0 Å². The molecule has 0 heterocycles. The molecular weight excluding hydrogens is 581 g/mol. The Morgan fingerprint density at radius 2 is 0.907 bits per heavy atom. The number of hydrogen-bond acceptors (Lipinski definition) is 0. The molecule has 43 heavy (non-hydrogen) atoms. The third-order valence-electron chi connectivity index (χ3n) is 11.7. The molecule has 0 aromatic heterocycles. The van der Waals surface area contributed by atoms with Crippen molar-refractivity contribution in [1.82, 2.24) is 0 Å². The molecule has 0 amide bonds. The zero-order valence-electron chi connectivity index (χ0n) is 31.1. The molecule has 4 heteroatoms. The Labute approximate surface area is 277 Å². The van der Waals surface area contributed by atoms with Crippen molar-refractivity contribution in [2.45, 2.75) is 191 Å². The normalized spacial score (nSPS) is 20.1. The van der Waals surface area contributed by atoms with Gasteiger partial charge in [0.25, 0.3) is 0 Å². The lowest BCUT2D eigenvalue weighted by molar-refractivity contribution is 0.387. The summed E-state index contributed by atoms with van der Waals surface area (Å²) < 4.78 is 0. The van der Waals surface area contributed by atoms with Crippen molar-refractivity contribution in [2.75, 3.05) is 0 Å². The van der Waals surface area contributed by atoms with Gasteiger partial charge in [-0.25, -0.2) is 0 Å². The first kappa shape index (κ1) is 41.1. The Kier molecular flexibility index (Phi) is 20.1. The van der Waals surface area contributed by atoms with E-state index in [1.165, 1.54) is 113 Å². The van der Waals surface area contributed by atoms with E-state index in [4.69, 9.17) is 0 Å². The first-order chi connectivity index (χ1) is 20.2.